The second-order valence-corrected chi connectivity index (χ2v) is 7.99. The number of amides is 1. The summed E-state index contributed by atoms with van der Waals surface area (Å²) < 4.78 is 17.8. The second-order valence-electron chi connectivity index (χ2n) is 6.83. The lowest BCUT2D eigenvalue weighted by Crippen LogP contribution is -2.32. The summed E-state index contributed by atoms with van der Waals surface area (Å²) in [6.07, 6.45) is 2.20. The van der Waals surface area contributed by atoms with Gasteiger partial charge in [0, 0.05) is 11.5 Å². The van der Waals surface area contributed by atoms with Crippen molar-refractivity contribution < 1.29 is 18.7 Å². The molecule has 10 heteroatoms. The molecule has 0 saturated heterocycles. The predicted octanol–water partition coefficient (Wildman–Crippen LogP) is 3.38. The SMILES string of the molecule is CCC(Sc1nc2cc(OC)c(OC)cc2c2nc(C)nn12)C(=O)NCc1ccco1. The van der Waals surface area contributed by atoms with Gasteiger partial charge >= 0.3 is 0 Å². The van der Waals surface area contributed by atoms with Crippen LogP contribution in [0.15, 0.2) is 40.1 Å². The van der Waals surface area contributed by atoms with E-state index in [1.807, 2.05) is 26.0 Å². The van der Waals surface area contributed by atoms with Crippen LogP contribution in [0.1, 0.15) is 24.9 Å². The van der Waals surface area contributed by atoms with Crippen molar-refractivity contribution in [3.8, 4) is 11.5 Å². The smallest absolute Gasteiger partial charge is 0.233 e. The van der Waals surface area contributed by atoms with Crippen LogP contribution in [0, 0.1) is 6.92 Å². The Bertz CT molecular complexity index is 1220. The van der Waals surface area contributed by atoms with Gasteiger partial charge in [-0.1, -0.05) is 18.7 Å². The minimum absolute atomic E-state index is 0.0944. The molecule has 162 valence electrons. The van der Waals surface area contributed by atoms with Crippen molar-refractivity contribution in [3.63, 3.8) is 0 Å². The number of hydrogen-bond acceptors (Lipinski definition) is 8. The Balaban J connectivity index is 1.70. The van der Waals surface area contributed by atoms with Gasteiger partial charge in [0.25, 0.3) is 0 Å². The number of furan rings is 1. The molecule has 3 aromatic heterocycles. The number of rotatable bonds is 8. The molecule has 0 aliphatic rings. The van der Waals surface area contributed by atoms with E-state index in [0.29, 0.717) is 52.4 Å². The van der Waals surface area contributed by atoms with Crippen LogP contribution in [-0.4, -0.2) is 45.0 Å². The van der Waals surface area contributed by atoms with E-state index in [1.54, 1.807) is 37.1 Å². The number of ether oxygens (including phenoxy) is 2. The third kappa shape index (κ3) is 4.15. The van der Waals surface area contributed by atoms with E-state index in [9.17, 15) is 4.79 Å². The lowest BCUT2D eigenvalue weighted by atomic mass is 10.2. The summed E-state index contributed by atoms with van der Waals surface area (Å²) in [4.78, 5) is 22.1. The highest BCUT2D eigenvalue weighted by Crippen LogP contribution is 2.35. The van der Waals surface area contributed by atoms with Gasteiger partial charge in [-0.2, -0.15) is 4.52 Å². The maximum atomic E-state index is 12.8. The van der Waals surface area contributed by atoms with Crippen molar-refractivity contribution in [1.29, 1.82) is 0 Å². The molecule has 31 heavy (non-hydrogen) atoms. The number of aromatic nitrogens is 4. The first-order valence-electron chi connectivity index (χ1n) is 9.79. The largest absolute Gasteiger partial charge is 0.493 e. The van der Waals surface area contributed by atoms with Gasteiger partial charge in [0.05, 0.1) is 37.8 Å². The van der Waals surface area contributed by atoms with E-state index in [0.717, 1.165) is 5.39 Å². The molecule has 4 aromatic rings. The number of thioether (sulfide) groups is 1. The highest BCUT2D eigenvalue weighted by atomic mass is 32.2. The van der Waals surface area contributed by atoms with Crippen LogP contribution in [0.4, 0.5) is 0 Å². The average Bonchev–Trinajstić information content (AvgIpc) is 3.44. The minimum atomic E-state index is -0.354. The van der Waals surface area contributed by atoms with E-state index in [2.05, 4.69) is 15.4 Å². The van der Waals surface area contributed by atoms with Gasteiger partial charge in [0.15, 0.2) is 22.3 Å². The number of methoxy groups -OCH3 is 2. The van der Waals surface area contributed by atoms with Crippen LogP contribution in [0.2, 0.25) is 0 Å². The third-order valence-corrected chi connectivity index (χ3v) is 6.09. The van der Waals surface area contributed by atoms with Gasteiger partial charge in [0.2, 0.25) is 5.91 Å². The zero-order chi connectivity index (χ0) is 22.0. The van der Waals surface area contributed by atoms with Gasteiger partial charge in [-0.25, -0.2) is 9.97 Å². The first-order chi connectivity index (χ1) is 15.0. The van der Waals surface area contributed by atoms with Gasteiger partial charge in [-0.3, -0.25) is 4.79 Å². The van der Waals surface area contributed by atoms with E-state index >= 15 is 0 Å². The van der Waals surface area contributed by atoms with Crippen LogP contribution >= 0.6 is 11.8 Å². The van der Waals surface area contributed by atoms with Crippen LogP contribution in [-0.2, 0) is 11.3 Å². The Hall–Kier alpha value is -3.27. The number of carbonyl (C=O) groups excluding carboxylic acids is 1. The lowest BCUT2D eigenvalue weighted by Gasteiger charge is -2.15. The molecule has 1 amide bonds. The number of nitrogens with zero attached hydrogens (tertiary/aromatic N) is 4. The molecule has 4 rings (SSSR count). The molecular weight excluding hydrogens is 418 g/mol. The van der Waals surface area contributed by atoms with Crippen LogP contribution < -0.4 is 14.8 Å². The molecule has 1 N–H and O–H groups in total. The Kier molecular flexibility index (Phi) is 5.99. The molecule has 0 aliphatic carbocycles. The van der Waals surface area contributed by atoms with Crippen molar-refractivity contribution in [2.24, 2.45) is 0 Å². The van der Waals surface area contributed by atoms with Gasteiger partial charge in [0.1, 0.15) is 11.6 Å². The molecule has 0 aliphatic heterocycles. The van der Waals surface area contributed by atoms with Gasteiger partial charge < -0.3 is 19.2 Å². The first-order valence-corrected chi connectivity index (χ1v) is 10.7. The summed E-state index contributed by atoms with van der Waals surface area (Å²) in [6, 6.07) is 7.26. The van der Waals surface area contributed by atoms with Crippen molar-refractivity contribution in [2.45, 2.75) is 37.2 Å². The quantitative estimate of drug-likeness (QED) is 0.328. The summed E-state index contributed by atoms with van der Waals surface area (Å²) in [5, 5.41) is 8.43. The molecule has 9 nitrogen and oxygen atoms in total. The molecule has 1 unspecified atom stereocenters. The van der Waals surface area contributed by atoms with Crippen LogP contribution in [0.3, 0.4) is 0 Å². The number of hydrogen-bond donors (Lipinski definition) is 1. The number of nitrogens with one attached hydrogen (secondary N) is 1. The fraction of sp³-hybridized carbons (Fsp3) is 0.333. The number of benzene rings is 1. The molecule has 1 aromatic carbocycles. The average molecular weight is 442 g/mol. The molecule has 0 saturated carbocycles. The molecular formula is C21H23N5O4S. The van der Waals surface area contributed by atoms with Crippen molar-refractivity contribution in [1.82, 2.24) is 24.9 Å². The molecule has 3 heterocycles. The number of carbonyl (C=O) groups is 1. The monoisotopic (exact) mass is 441 g/mol. The zero-order valence-electron chi connectivity index (χ0n) is 17.7. The highest BCUT2D eigenvalue weighted by molar-refractivity contribution is 8.00. The highest BCUT2D eigenvalue weighted by Gasteiger charge is 2.23. The minimum Gasteiger partial charge on any atom is -0.493 e. The normalized spacial score (nSPS) is 12.3. The van der Waals surface area contributed by atoms with Crippen LogP contribution in [0.5, 0.6) is 11.5 Å². The maximum absolute atomic E-state index is 12.8. The predicted molar refractivity (Wildman–Crippen MR) is 117 cm³/mol. The van der Waals surface area contributed by atoms with E-state index < -0.39 is 0 Å². The van der Waals surface area contributed by atoms with E-state index in [-0.39, 0.29) is 11.2 Å². The number of aryl methyl sites for hydroxylation is 1. The first kappa shape index (κ1) is 21.0. The summed E-state index contributed by atoms with van der Waals surface area (Å²) >= 11 is 1.35. The van der Waals surface area contributed by atoms with Crippen molar-refractivity contribution >= 4 is 34.2 Å². The van der Waals surface area contributed by atoms with Crippen molar-refractivity contribution in [2.75, 3.05) is 14.2 Å². The zero-order valence-corrected chi connectivity index (χ0v) is 18.5. The Morgan fingerprint density at radius 2 is 2.03 bits per heavy atom. The van der Waals surface area contributed by atoms with E-state index in [4.69, 9.17) is 18.9 Å². The lowest BCUT2D eigenvalue weighted by molar-refractivity contribution is -0.120. The Morgan fingerprint density at radius 1 is 1.26 bits per heavy atom. The number of fused-ring (bicyclic) bond motifs is 3. The third-order valence-electron chi connectivity index (χ3n) is 4.78. The standard InChI is InChI=1S/C21H23N5O4S/c1-5-18(20(27)22-11-13-7-6-8-30-13)31-21-24-15-10-17(29-4)16(28-3)9-14(15)19-23-12(2)25-26(19)21/h6-10,18H,5,11H2,1-4H3,(H,22,27). The Morgan fingerprint density at radius 3 is 2.71 bits per heavy atom. The molecule has 0 spiro atoms. The van der Waals surface area contributed by atoms with Crippen LogP contribution in [0.25, 0.3) is 16.6 Å². The second kappa shape index (κ2) is 8.84. The molecule has 0 fully saturated rings. The summed E-state index contributed by atoms with van der Waals surface area (Å²) in [6.45, 7) is 4.12. The fourth-order valence-corrected chi connectivity index (χ4v) is 4.23. The fourth-order valence-electron chi connectivity index (χ4n) is 3.24. The van der Waals surface area contributed by atoms with Gasteiger partial charge in [-0.15, -0.1) is 5.10 Å². The van der Waals surface area contributed by atoms with E-state index in [1.165, 1.54) is 11.8 Å². The molecule has 0 radical (unpaired) electrons. The molecule has 0 bridgehead atoms. The topological polar surface area (TPSA) is 104 Å². The molecule has 1 atom stereocenters. The summed E-state index contributed by atoms with van der Waals surface area (Å²) in [5.74, 6) is 2.38. The Labute approximate surface area is 183 Å². The maximum Gasteiger partial charge on any atom is 0.233 e. The summed E-state index contributed by atoms with van der Waals surface area (Å²) in [7, 11) is 3.16. The van der Waals surface area contributed by atoms with Gasteiger partial charge in [-0.05, 0) is 31.5 Å². The van der Waals surface area contributed by atoms with Crippen molar-refractivity contribution in [3.05, 3.63) is 42.1 Å². The summed E-state index contributed by atoms with van der Waals surface area (Å²) in [5.41, 5.74) is 1.34.